The maximum Gasteiger partial charge on any atom is 0.261 e. The molecule has 112 valence electrons. The van der Waals surface area contributed by atoms with E-state index in [4.69, 9.17) is 0 Å². The summed E-state index contributed by atoms with van der Waals surface area (Å²) < 4.78 is 14.8. The molecule has 3 aromatic carbocycles. The second kappa shape index (κ2) is 5.32. The SMILES string of the molecule is O=c1c2ccc(F)cc2ncn1Cc1ccc2ccccc2c1. The largest absolute Gasteiger partial charge is 0.294 e. The Kier molecular flexibility index (Phi) is 3.15. The lowest BCUT2D eigenvalue weighted by atomic mass is 10.1. The van der Waals surface area contributed by atoms with Crippen LogP contribution in [0.1, 0.15) is 5.56 Å². The highest BCUT2D eigenvalue weighted by molar-refractivity contribution is 5.83. The lowest BCUT2D eigenvalue weighted by Crippen LogP contribution is -2.21. The molecule has 0 bridgehead atoms. The van der Waals surface area contributed by atoms with Gasteiger partial charge in [0, 0.05) is 6.07 Å². The predicted molar refractivity (Wildman–Crippen MR) is 89.0 cm³/mol. The Hall–Kier alpha value is -3.01. The molecule has 0 saturated carbocycles. The van der Waals surface area contributed by atoms with Crippen LogP contribution in [0.5, 0.6) is 0 Å². The van der Waals surface area contributed by atoms with E-state index in [2.05, 4.69) is 17.1 Å². The van der Waals surface area contributed by atoms with Crippen molar-refractivity contribution < 1.29 is 4.39 Å². The molecule has 0 spiro atoms. The summed E-state index contributed by atoms with van der Waals surface area (Å²) in [5, 5.41) is 2.72. The first-order valence-corrected chi connectivity index (χ1v) is 7.33. The van der Waals surface area contributed by atoms with E-state index in [-0.39, 0.29) is 5.56 Å². The second-order valence-electron chi connectivity index (χ2n) is 5.52. The summed E-state index contributed by atoms with van der Waals surface area (Å²) in [6.45, 7) is 0.435. The van der Waals surface area contributed by atoms with Crippen LogP contribution in [0.4, 0.5) is 4.39 Å². The summed E-state index contributed by atoms with van der Waals surface area (Å²) in [6, 6.07) is 18.2. The summed E-state index contributed by atoms with van der Waals surface area (Å²) in [4.78, 5) is 16.7. The van der Waals surface area contributed by atoms with Crippen molar-refractivity contribution in [1.29, 1.82) is 0 Å². The van der Waals surface area contributed by atoms with Gasteiger partial charge < -0.3 is 0 Å². The van der Waals surface area contributed by atoms with Gasteiger partial charge in [0.2, 0.25) is 0 Å². The zero-order valence-electron chi connectivity index (χ0n) is 12.2. The molecule has 0 aliphatic carbocycles. The average Bonchev–Trinajstić information content (AvgIpc) is 2.57. The summed E-state index contributed by atoms with van der Waals surface area (Å²) in [7, 11) is 0. The van der Waals surface area contributed by atoms with E-state index in [1.165, 1.54) is 24.5 Å². The second-order valence-corrected chi connectivity index (χ2v) is 5.52. The molecule has 0 fully saturated rings. The van der Waals surface area contributed by atoms with Gasteiger partial charge in [-0.15, -0.1) is 0 Å². The number of fused-ring (bicyclic) bond motifs is 2. The highest BCUT2D eigenvalue weighted by Gasteiger charge is 2.06. The van der Waals surface area contributed by atoms with Crippen LogP contribution in [0.15, 0.2) is 71.8 Å². The average molecular weight is 304 g/mol. The van der Waals surface area contributed by atoms with E-state index in [9.17, 15) is 9.18 Å². The van der Waals surface area contributed by atoms with Gasteiger partial charge in [-0.1, -0.05) is 36.4 Å². The van der Waals surface area contributed by atoms with Crippen molar-refractivity contribution in [2.24, 2.45) is 0 Å². The van der Waals surface area contributed by atoms with Gasteiger partial charge in [0.25, 0.3) is 5.56 Å². The van der Waals surface area contributed by atoms with Crippen molar-refractivity contribution in [2.75, 3.05) is 0 Å². The molecule has 0 N–H and O–H groups in total. The number of hydrogen-bond acceptors (Lipinski definition) is 2. The van der Waals surface area contributed by atoms with E-state index in [1.807, 2.05) is 30.3 Å². The Morgan fingerprint density at radius 2 is 1.78 bits per heavy atom. The third-order valence-corrected chi connectivity index (χ3v) is 3.95. The monoisotopic (exact) mass is 304 g/mol. The van der Waals surface area contributed by atoms with E-state index < -0.39 is 5.82 Å². The summed E-state index contributed by atoms with van der Waals surface area (Å²) in [5.41, 5.74) is 1.24. The van der Waals surface area contributed by atoms with E-state index in [0.29, 0.717) is 17.4 Å². The van der Waals surface area contributed by atoms with E-state index in [0.717, 1.165) is 16.3 Å². The third-order valence-electron chi connectivity index (χ3n) is 3.95. The molecule has 1 heterocycles. The zero-order valence-corrected chi connectivity index (χ0v) is 12.2. The topological polar surface area (TPSA) is 34.9 Å². The molecule has 4 heteroatoms. The first-order valence-electron chi connectivity index (χ1n) is 7.33. The molecule has 4 rings (SSSR count). The fraction of sp³-hybridized carbons (Fsp3) is 0.0526. The molecule has 4 aromatic rings. The Morgan fingerprint density at radius 1 is 0.957 bits per heavy atom. The highest BCUT2D eigenvalue weighted by Crippen LogP contribution is 2.16. The maximum absolute atomic E-state index is 13.2. The molecule has 0 saturated heterocycles. The molecule has 0 aliphatic rings. The molecule has 0 aliphatic heterocycles. The molecular formula is C19H13FN2O. The fourth-order valence-corrected chi connectivity index (χ4v) is 2.78. The lowest BCUT2D eigenvalue weighted by molar-refractivity contribution is 0.629. The summed E-state index contributed by atoms with van der Waals surface area (Å²) in [6.07, 6.45) is 1.47. The van der Waals surface area contributed by atoms with Gasteiger partial charge in [0.05, 0.1) is 23.8 Å². The van der Waals surface area contributed by atoms with Gasteiger partial charge in [-0.05, 0) is 34.5 Å². The molecule has 0 radical (unpaired) electrons. The number of aromatic nitrogens is 2. The Balaban J connectivity index is 1.78. The summed E-state index contributed by atoms with van der Waals surface area (Å²) >= 11 is 0. The Morgan fingerprint density at radius 3 is 2.65 bits per heavy atom. The van der Waals surface area contributed by atoms with Gasteiger partial charge >= 0.3 is 0 Å². The van der Waals surface area contributed by atoms with Gasteiger partial charge in [-0.3, -0.25) is 9.36 Å². The molecule has 1 aromatic heterocycles. The number of rotatable bonds is 2. The van der Waals surface area contributed by atoms with Crippen LogP contribution in [0.2, 0.25) is 0 Å². The van der Waals surface area contributed by atoms with Crippen LogP contribution >= 0.6 is 0 Å². The van der Waals surface area contributed by atoms with E-state index in [1.54, 1.807) is 4.57 Å². The van der Waals surface area contributed by atoms with Crippen LogP contribution in [-0.2, 0) is 6.54 Å². The highest BCUT2D eigenvalue weighted by atomic mass is 19.1. The Bertz CT molecular complexity index is 1090. The lowest BCUT2D eigenvalue weighted by Gasteiger charge is -2.08. The van der Waals surface area contributed by atoms with Gasteiger partial charge in [0.1, 0.15) is 5.82 Å². The fourth-order valence-electron chi connectivity index (χ4n) is 2.78. The number of halogens is 1. The minimum Gasteiger partial charge on any atom is -0.294 e. The van der Waals surface area contributed by atoms with Gasteiger partial charge in [0.15, 0.2) is 0 Å². The minimum absolute atomic E-state index is 0.164. The van der Waals surface area contributed by atoms with Crippen molar-refractivity contribution in [3.8, 4) is 0 Å². The van der Waals surface area contributed by atoms with Crippen molar-refractivity contribution in [3.63, 3.8) is 0 Å². The number of nitrogens with zero attached hydrogens (tertiary/aromatic N) is 2. The van der Waals surface area contributed by atoms with Crippen molar-refractivity contribution >= 4 is 21.7 Å². The Labute approximate surface area is 131 Å². The van der Waals surface area contributed by atoms with Gasteiger partial charge in [-0.25, -0.2) is 9.37 Å². The molecular weight excluding hydrogens is 291 g/mol. The standard InChI is InChI=1S/C19H13FN2O/c20-16-7-8-17-18(10-16)21-12-22(19(17)23)11-13-5-6-14-3-1-2-4-15(14)9-13/h1-10,12H,11H2. The first-order chi connectivity index (χ1) is 11.2. The zero-order chi connectivity index (χ0) is 15.8. The minimum atomic E-state index is -0.392. The van der Waals surface area contributed by atoms with Crippen molar-refractivity contribution in [3.05, 3.63) is 88.7 Å². The van der Waals surface area contributed by atoms with Crippen LogP contribution < -0.4 is 5.56 Å². The van der Waals surface area contributed by atoms with E-state index >= 15 is 0 Å². The van der Waals surface area contributed by atoms with Crippen molar-refractivity contribution in [2.45, 2.75) is 6.54 Å². The van der Waals surface area contributed by atoms with Gasteiger partial charge in [-0.2, -0.15) is 0 Å². The molecule has 0 unspecified atom stereocenters. The normalized spacial score (nSPS) is 11.2. The predicted octanol–water partition coefficient (Wildman–Crippen LogP) is 3.74. The maximum atomic E-state index is 13.2. The first kappa shape index (κ1) is 13.6. The number of benzene rings is 3. The van der Waals surface area contributed by atoms with Crippen LogP contribution in [-0.4, -0.2) is 9.55 Å². The molecule has 3 nitrogen and oxygen atoms in total. The van der Waals surface area contributed by atoms with Crippen LogP contribution in [0.25, 0.3) is 21.7 Å². The third kappa shape index (κ3) is 2.48. The number of hydrogen-bond donors (Lipinski definition) is 0. The quantitative estimate of drug-likeness (QED) is 0.565. The van der Waals surface area contributed by atoms with Crippen LogP contribution in [0, 0.1) is 5.82 Å². The molecule has 0 amide bonds. The smallest absolute Gasteiger partial charge is 0.261 e. The van der Waals surface area contributed by atoms with Crippen molar-refractivity contribution in [1.82, 2.24) is 9.55 Å². The molecule has 0 atom stereocenters. The summed E-state index contributed by atoms with van der Waals surface area (Å²) in [5.74, 6) is -0.392. The molecule has 23 heavy (non-hydrogen) atoms. The van der Waals surface area contributed by atoms with Crippen LogP contribution in [0.3, 0.4) is 0 Å².